The highest BCUT2D eigenvalue weighted by Gasteiger charge is 2.35. The van der Waals surface area contributed by atoms with Crippen LogP contribution in [0, 0.1) is 0 Å². The van der Waals surface area contributed by atoms with Crippen LogP contribution >= 0.6 is 11.6 Å². The molecule has 1 amide bonds. The lowest BCUT2D eigenvalue weighted by atomic mass is 10.2. The number of hydrogen-bond donors (Lipinski definition) is 1. The van der Waals surface area contributed by atoms with Gasteiger partial charge in [-0.3, -0.25) is 4.79 Å². The predicted molar refractivity (Wildman–Crippen MR) is 96.0 cm³/mol. The number of carbonyl (C=O) groups is 1. The highest BCUT2D eigenvalue weighted by molar-refractivity contribution is 7.89. The minimum absolute atomic E-state index is 0.212. The molecule has 2 aromatic rings. The second-order valence-electron chi connectivity index (χ2n) is 6.22. The number of furan rings is 1. The molecule has 0 bridgehead atoms. The Kier molecular flexibility index (Phi) is 6.79. The van der Waals surface area contributed by atoms with E-state index >= 15 is 0 Å². The molecule has 6 nitrogen and oxygen atoms in total. The molecule has 11 heteroatoms. The molecule has 28 heavy (non-hydrogen) atoms. The van der Waals surface area contributed by atoms with Crippen LogP contribution in [0.4, 0.5) is 13.2 Å². The van der Waals surface area contributed by atoms with Gasteiger partial charge in [-0.1, -0.05) is 11.6 Å². The summed E-state index contributed by atoms with van der Waals surface area (Å²) >= 11 is 5.88. The number of alkyl halides is 3. The SMILES string of the molecule is CC(C)NC(=O)CN(Cc1ccco1)S(=O)(=O)c1cc(C(F)(F)F)ccc1Cl. The van der Waals surface area contributed by atoms with Crippen molar-refractivity contribution in [3.8, 4) is 0 Å². The topological polar surface area (TPSA) is 79.6 Å². The van der Waals surface area contributed by atoms with Crippen molar-refractivity contribution in [2.24, 2.45) is 0 Å². The van der Waals surface area contributed by atoms with Gasteiger partial charge in [-0.05, 0) is 44.2 Å². The standard InChI is InChI=1S/C17H18ClF3N2O4S/c1-11(2)22-16(24)10-23(9-13-4-3-7-27-13)28(25,26)15-8-12(17(19,20)21)5-6-14(15)18/h3-8,11H,9-10H2,1-2H3,(H,22,24). The van der Waals surface area contributed by atoms with Crippen LogP contribution in [-0.4, -0.2) is 31.2 Å². The van der Waals surface area contributed by atoms with Crippen LogP contribution in [0.5, 0.6) is 0 Å². The molecule has 0 radical (unpaired) electrons. The van der Waals surface area contributed by atoms with E-state index in [4.69, 9.17) is 16.0 Å². The highest BCUT2D eigenvalue weighted by atomic mass is 35.5. The summed E-state index contributed by atoms with van der Waals surface area (Å²) in [4.78, 5) is 11.4. The molecular weight excluding hydrogens is 421 g/mol. The number of nitrogens with zero attached hydrogens (tertiary/aromatic N) is 1. The van der Waals surface area contributed by atoms with E-state index in [9.17, 15) is 26.4 Å². The molecular formula is C17H18ClF3N2O4S. The predicted octanol–water partition coefficient (Wildman–Crippen LogP) is 3.67. The molecule has 1 aromatic heterocycles. The first kappa shape index (κ1) is 22.3. The summed E-state index contributed by atoms with van der Waals surface area (Å²) in [6.07, 6.45) is -3.44. The number of sulfonamides is 1. The van der Waals surface area contributed by atoms with Crippen LogP contribution in [0.3, 0.4) is 0 Å². The van der Waals surface area contributed by atoms with Crippen LogP contribution in [-0.2, 0) is 27.5 Å². The third kappa shape index (κ3) is 5.49. The molecule has 0 aliphatic carbocycles. The van der Waals surface area contributed by atoms with Crippen molar-refractivity contribution in [3.63, 3.8) is 0 Å². The van der Waals surface area contributed by atoms with Crippen molar-refractivity contribution in [2.75, 3.05) is 6.54 Å². The second kappa shape index (κ2) is 8.54. The quantitative estimate of drug-likeness (QED) is 0.715. The molecule has 1 N–H and O–H groups in total. The summed E-state index contributed by atoms with van der Waals surface area (Å²) < 4.78 is 70.9. The van der Waals surface area contributed by atoms with E-state index < -0.39 is 39.1 Å². The maximum Gasteiger partial charge on any atom is 0.416 e. The average molecular weight is 439 g/mol. The van der Waals surface area contributed by atoms with E-state index in [1.165, 1.54) is 18.4 Å². The zero-order chi connectivity index (χ0) is 21.1. The number of rotatable bonds is 7. The highest BCUT2D eigenvalue weighted by Crippen LogP contribution is 2.34. The van der Waals surface area contributed by atoms with Gasteiger partial charge in [0.05, 0.1) is 29.9 Å². The molecule has 0 fully saturated rings. The summed E-state index contributed by atoms with van der Waals surface area (Å²) in [6, 6.07) is 4.74. The normalized spacial score (nSPS) is 12.6. The Morgan fingerprint density at radius 3 is 2.50 bits per heavy atom. The van der Waals surface area contributed by atoms with Crippen molar-refractivity contribution < 1.29 is 30.8 Å². The number of halogens is 4. The fourth-order valence-electron chi connectivity index (χ4n) is 2.35. The zero-order valence-electron chi connectivity index (χ0n) is 15.0. The zero-order valence-corrected chi connectivity index (χ0v) is 16.5. The van der Waals surface area contributed by atoms with Gasteiger partial charge in [0.2, 0.25) is 15.9 Å². The van der Waals surface area contributed by atoms with Gasteiger partial charge in [0.1, 0.15) is 10.7 Å². The summed E-state index contributed by atoms with van der Waals surface area (Å²) in [7, 11) is -4.54. The number of carbonyl (C=O) groups excluding carboxylic acids is 1. The van der Waals surface area contributed by atoms with Gasteiger partial charge in [-0.15, -0.1) is 0 Å². The lowest BCUT2D eigenvalue weighted by molar-refractivity contribution is -0.137. The van der Waals surface area contributed by atoms with Gasteiger partial charge in [-0.2, -0.15) is 17.5 Å². The van der Waals surface area contributed by atoms with Crippen LogP contribution in [0.2, 0.25) is 5.02 Å². The van der Waals surface area contributed by atoms with Gasteiger partial charge >= 0.3 is 6.18 Å². The lowest BCUT2D eigenvalue weighted by Gasteiger charge is -2.22. The van der Waals surface area contributed by atoms with E-state index in [-0.39, 0.29) is 23.4 Å². The first-order valence-corrected chi connectivity index (χ1v) is 9.91. The first-order valence-electron chi connectivity index (χ1n) is 8.10. The Labute approximate surface area is 165 Å². The number of nitrogens with one attached hydrogen (secondary N) is 1. The lowest BCUT2D eigenvalue weighted by Crippen LogP contribution is -2.42. The molecule has 1 aromatic carbocycles. The Balaban J connectivity index is 2.46. The van der Waals surface area contributed by atoms with Gasteiger partial charge in [0.25, 0.3) is 0 Å². The fraction of sp³-hybridized carbons (Fsp3) is 0.353. The summed E-state index contributed by atoms with van der Waals surface area (Å²) in [6.45, 7) is 2.40. The van der Waals surface area contributed by atoms with Gasteiger partial charge in [-0.25, -0.2) is 8.42 Å². The largest absolute Gasteiger partial charge is 0.468 e. The molecule has 0 aliphatic rings. The number of amides is 1. The molecule has 0 atom stereocenters. The van der Waals surface area contributed by atoms with Crippen LogP contribution in [0.1, 0.15) is 25.2 Å². The maximum absolute atomic E-state index is 13.0. The molecule has 0 saturated heterocycles. The molecule has 0 saturated carbocycles. The Morgan fingerprint density at radius 2 is 1.96 bits per heavy atom. The Morgan fingerprint density at radius 1 is 1.29 bits per heavy atom. The van der Waals surface area contributed by atoms with Crippen molar-refractivity contribution >= 4 is 27.5 Å². The molecule has 154 valence electrons. The van der Waals surface area contributed by atoms with Crippen molar-refractivity contribution in [1.82, 2.24) is 9.62 Å². The minimum Gasteiger partial charge on any atom is -0.468 e. The Hall–Kier alpha value is -2.04. The van der Waals surface area contributed by atoms with Crippen LogP contribution in [0.15, 0.2) is 45.9 Å². The van der Waals surface area contributed by atoms with Crippen molar-refractivity contribution in [1.29, 1.82) is 0 Å². The second-order valence-corrected chi connectivity index (χ2v) is 8.53. The molecule has 0 spiro atoms. The third-order valence-electron chi connectivity index (χ3n) is 3.56. The maximum atomic E-state index is 13.0. The van der Waals surface area contributed by atoms with Crippen LogP contribution < -0.4 is 5.32 Å². The van der Waals surface area contributed by atoms with Crippen molar-refractivity contribution in [3.05, 3.63) is 52.9 Å². The number of hydrogen-bond acceptors (Lipinski definition) is 4. The minimum atomic E-state index is -4.75. The monoisotopic (exact) mass is 438 g/mol. The molecule has 1 heterocycles. The van der Waals surface area contributed by atoms with Gasteiger partial charge in [0.15, 0.2) is 0 Å². The summed E-state index contributed by atoms with van der Waals surface area (Å²) in [5.41, 5.74) is -1.17. The average Bonchev–Trinajstić information content (AvgIpc) is 3.05. The van der Waals surface area contributed by atoms with Gasteiger partial charge in [0, 0.05) is 6.04 Å². The van der Waals surface area contributed by atoms with E-state index in [0.717, 1.165) is 6.07 Å². The smallest absolute Gasteiger partial charge is 0.416 e. The molecule has 0 unspecified atom stereocenters. The summed E-state index contributed by atoms with van der Waals surface area (Å²) in [5.74, 6) is -0.405. The van der Waals surface area contributed by atoms with Crippen LogP contribution in [0.25, 0.3) is 0 Å². The Bertz CT molecular complexity index is 928. The third-order valence-corrected chi connectivity index (χ3v) is 5.83. The van der Waals surface area contributed by atoms with Gasteiger partial charge < -0.3 is 9.73 Å². The fourth-order valence-corrected chi connectivity index (χ4v) is 4.21. The van der Waals surface area contributed by atoms with E-state index in [0.29, 0.717) is 16.4 Å². The van der Waals surface area contributed by atoms with Crippen molar-refractivity contribution in [2.45, 2.75) is 37.5 Å². The van der Waals surface area contributed by atoms with E-state index in [1.54, 1.807) is 13.8 Å². The molecule has 0 aliphatic heterocycles. The van der Waals surface area contributed by atoms with E-state index in [2.05, 4.69) is 5.32 Å². The molecule has 2 rings (SSSR count). The summed E-state index contributed by atoms with van der Waals surface area (Å²) in [5, 5.41) is 2.15. The number of benzene rings is 1. The van der Waals surface area contributed by atoms with E-state index in [1.807, 2.05) is 0 Å². The first-order chi connectivity index (χ1) is 12.9.